The summed E-state index contributed by atoms with van der Waals surface area (Å²) in [5.41, 5.74) is 1.28. The largest absolute Gasteiger partial charge is 0.457 e. The lowest BCUT2D eigenvalue weighted by molar-refractivity contribution is 0.572. The number of rotatable bonds is 3. The summed E-state index contributed by atoms with van der Waals surface area (Å²) in [6.45, 7) is 0. The van der Waals surface area contributed by atoms with Crippen molar-refractivity contribution < 1.29 is 8.81 Å². The van der Waals surface area contributed by atoms with Gasteiger partial charge in [0.15, 0.2) is 0 Å². The van der Waals surface area contributed by atoms with Crippen molar-refractivity contribution in [3.63, 3.8) is 0 Å². The maximum absolute atomic E-state index is 13.8. The van der Waals surface area contributed by atoms with E-state index in [0.717, 1.165) is 5.56 Å². The third-order valence-corrected chi connectivity index (χ3v) is 3.54. The van der Waals surface area contributed by atoms with Gasteiger partial charge in [-0.2, -0.15) is 5.26 Å². The van der Waals surface area contributed by atoms with Crippen LogP contribution in [0, 0.1) is 17.1 Å². The molecular weight excluding hydrogens is 313 g/mol. The smallest absolute Gasteiger partial charge is 0.134 e. The molecule has 0 N–H and O–H groups in total. The van der Waals surface area contributed by atoms with E-state index < -0.39 is 5.82 Å². The van der Waals surface area contributed by atoms with Gasteiger partial charge in [0, 0.05) is 16.1 Å². The molecule has 0 amide bonds. The molecule has 2 nitrogen and oxygen atoms in total. The summed E-state index contributed by atoms with van der Waals surface area (Å²) in [5.74, 6) is 0.659. The summed E-state index contributed by atoms with van der Waals surface area (Å²) in [6.07, 6.45) is 1.52. The van der Waals surface area contributed by atoms with E-state index in [4.69, 9.17) is 16.0 Å². The minimum Gasteiger partial charge on any atom is -0.457 e. The van der Waals surface area contributed by atoms with Crippen LogP contribution in [-0.4, -0.2) is 0 Å². The minimum atomic E-state index is -0.443. The Morgan fingerprint density at radius 1 is 1.09 bits per heavy atom. The lowest BCUT2D eigenvalue weighted by Gasteiger charge is -2.00. The molecule has 0 aliphatic rings. The summed E-state index contributed by atoms with van der Waals surface area (Å²) in [5, 5.41) is 9.89. The Hall–Kier alpha value is -2.83. The average molecular weight is 324 g/mol. The maximum atomic E-state index is 13.8. The van der Waals surface area contributed by atoms with Gasteiger partial charge in [-0.25, -0.2) is 4.39 Å². The summed E-state index contributed by atoms with van der Waals surface area (Å²) in [7, 11) is 0. The van der Waals surface area contributed by atoms with Gasteiger partial charge < -0.3 is 4.42 Å². The Bertz CT molecular complexity index is 921. The predicted octanol–water partition coefficient (Wildman–Crippen LogP) is 5.80. The lowest BCUT2D eigenvalue weighted by atomic mass is 10.1. The molecule has 1 heterocycles. The lowest BCUT2D eigenvalue weighted by Crippen LogP contribution is -1.86. The highest BCUT2D eigenvalue weighted by molar-refractivity contribution is 6.30. The molecule has 0 aliphatic carbocycles. The van der Waals surface area contributed by atoms with Crippen molar-refractivity contribution in [2.45, 2.75) is 0 Å². The Labute approximate surface area is 138 Å². The van der Waals surface area contributed by atoms with Crippen LogP contribution in [0.2, 0.25) is 5.02 Å². The second-order valence-corrected chi connectivity index (χ2v) is 5.30. The zero-order valence-electron chi connectivity index (χ0n) is 12.0. The van der Waals surface area contributed by atoms with Gasteiger partial charge in [-0.15, -0.1) is 0 Å². The van der Waals surface area contributed by atoms with Crippen molar-refractivity contribution in [2.75, 3.05) is 0 Å². The first-order chi connectivity index (χ1) is 11.2. The van der Waals surface area contributed by atoms with Crippen molar-refractivity contribution >= 4 is 23.3 Å². The molecule has 0 spiro atoms. The van der Waals surface area contributed by atoms with Gasteiger partial charge in [-0.05, 0) is 36.4 Å². The maximum Gasteiger partial charge on any atom is 0.134 e. The Morgan fingerprint density at radius 2 is 1.91 bits per heavy atom. The van der Waals surface area contributed by atoms with Crippen molar-refractivity contribution in [1.29, 1.82) is 5.26 Å². The molecule has 4 heteroatoms. The number of nitrogens with zero attached hydrogens (tertiary/aromatic N) is 1. The fraction of sp³-hybridized carbons (Fsp3) is 0. The standard InChI is InChI=1S/C19H11ClFNO/c20-15-5-3-4-13(10-15)19-9-8-16(23-19)11-14(12-22)17-6-1-2-7-18(17)21/h1-11H. The fourth-order valence-corrected chi connectivity index (χ4v) is 2.41. The number of halogens is 2. The van der Waals surface area contributed by atoms with E-state index in [2.05, 4.69) is 0 Å². The molecule has 0 aliphatic heterocycles. The molecular formula is C19H11ClFNO. The van der Waals surface area contributed by atoms with Crippen LogP contribution in [-0.2, 0) is 0 Å². The molecule has 112 valence electrons. The van der Waals surface area contributed by atoms with Crippen LogP contribution in [0.4, 0.5) is 4.39 Å². The number of nitriles is 1. The van der Waals surface area contributed by atoms with Crippen molar-refractivity contribution in [3.8, 4) is 17.4 Å². The fourth-order valence-electron chi connectivity index (χ4n) is 2.22. The highest BCUT2D eigenvalue weighted by Gasteiger charge is 2.09. The molecule has 3 rings (SSSR count). The van der Waals surface area contributed by atoms with E-state index in [9.17, 15) is 9.65 Å². The topological polar surface area (TPSA) is 36.9 Å². The van der Waals surface area contributed by atoms with Crippen molar-refractivity contribution in [2.24, 2.45) is 0 Å². The highest BCUT2D eigenvalue weighted by Crippen LogP contribution is 2.27. The van der Waals surface area contributed by atoms with Crippen LogP contribution < -0.4 is 0 Å². The second kappa shape index (κ2) is 6.51. The molecule has 0 saturated carbocycles. The predicted molar refractivity (Wildman–Crippen MR) is 89.0 cm³/mol. The molecule has 0 atom stereocenters. The molecule has 0 saturated heterocycles. The second-order valence-electron chi connectivity index (χ2n) is 4.86. The van der Waals surface area contributed by atoms with Gasteiger partial charge in [0.05, 0.1) is 11.6 Å². The first-order valence-electron chi connectivity index (χ1n) is 6.90. The average Bonchev–Trinajstić information content (AvgIpc) is 3.02. The molecule has 0 bridgehead atoms. The van der Waals surface area contributed by atoms with Crippen LogP contribution >= 0.6 is 11.6 Å². The van der Waals surface area contributed by atoms with Crippen molar-refractivity contribution in [1.82, 2.24) is 0 Å². The van der Waals surface area contributed by atoms with Gasteiger partial charge in [0.2, 0.25) is 0 Å². The normalized spacial score (nSPS) is 11.3. The monoisotopic (exact) mass is 323 g/mol. The molecule has 1 aromatic heterocycles. The molecule has 0 fully saturated rings. The zero-order valence-corrected chi connectivity index (χ0v) is 12.7. The van der Waals surface area contributed by atoms with Gasteiger partial charge in [0.25, 0.3) is 0 Å². The van der Waals surface area contributed by atoms with Gasteiger partial charge in [0.1, 0.15) is 17.3 Å². The van der Waals surface area contributed by atoms with Gasteiger partial charge >= 0.3 is 0 Å². The summed E-state index contributed by atoms with van der Waals surface area (Å²) in [4.78, 5) is 0. The van der Waals surface area contributed by atoms with Crippen LogP contribution in [0.3, 0.4) is 0 Å². The summed E-state index contributed by atoms with van der Waals surface area (Å²) < 4.78 is 19.5. The Morgan fingerprint density at radius 3 is 2.65 bits per heavy atom. The third kappa shape index (κ3) is 3.33. The Kier molecular flexibility index (Phi) is 4.27. The molecule has 2 aromatic carbocycles. The van der Waals surface area contributed by atoms with E-state index in [0.29, 0.717) is 16.5 Å². The SMILES string of the molecule is N#CC(=Cc1ccc(-c2cccc(Cl)c2)o1)c1ccccc1F. The van der Waals surface area contributed by atoms with Crippen molar-refractivity contribution in [3.05, 3.63) is 82.8 Å². The van der Waals surface area contributed by atoms with Crippen LogP contribution in [0.1, 0.15) is 11.3 Å². The highest BCUT2D eigenvalue weighted by atomic mass is 35.5. The molecule has 0 unspecified atom stereocenters. The number of hydrogen-bond acceptors (Lipinski definition) is 2. The first kappa shape index (κ1) is 15.1. The van der Waals surface area contributed by atoms with Crippen LogP contribution in [0.25, 0.3) is 23.0 Å². The van der Waals surface area contributed by atoms with E-state index in [1.165, 1.54) is 12.1 Å². The van der Waals surface area contributed by atoms with Crippen LogP contribution in [0.15, 0.2) is 65.1 Å². The number of furan rings is 1. The summed E-state index contributed by atoms with van der Waals surface area (Å²) in [6, 6.07) is 18.9. The van der Waals surface area contributed by atoms with E-state index in [1.807, 2.05) is 18.2 Å². The van der Waals surface area contributed by atoms with E-state index in [-0.39, 0.29) is 11.1 Å². The van der Waals surface area contributed by atoms with E-state index >= 15 is 0 Å². The molecule has 3 aromatic rings. The molecule has 0 radical (unpaired) electrons. The van der Waals surface area contributed by atoms with E-state index in [1.54, 1.807) is 42.5 Å². The van der Waals surface area contributed by atoms with Gasteiger partial charge in [-0.1, -0.05) is 41.9 Å². The number of allylic oxidation sites excluding steroid dienone is 1. The quantitative estimate of drug-likeness (QED) is 0.571. The summed E-state index contributed by atoms with van der Waals surface area (Å²) >= 11 is 5.97. The minimum absolute atomic E-state index is 0.204. The number of hydrogen-bond donors (Lipinski definition) is 0. The number of benzene rings is 2. The third-order valence-electron chi connectivity index (χ3n) is 3.31. The Balaban J connectivity index is 1.97. The zero-order chi connectivity index (χ0) is 16.2. The first-order valence-corrected chi connectivity index (χ1v) is 7.27. The van der Waals surface area contributed by atoms with Crippen LogP contribution in [0.5, 0.6) is 0 Å². The van der Waals surface area contributed by atoms with Gasteiger partial charge in [-0.3, -0.25) is 0 Å². The molecule has 23 heavy (non-hydrogen) atoms.